The van der Waals surface area contributed by atoms with Crippen molar-refractivity contribution < 1.29 is 5.11 Å². The van der Waals surface area contributed by atoms with Gasteiger partial charge in [-0.3, -0.25) is 4.57 Å². The number of imidazole rings is 1. The number of nitrogens with zero attached hydrogens (tertiary/aromatic N) is 3. The van der Waals surface area contributed by atoms with Gasteiger partial charge in [0.2, 0.25) is 0 Å². The third-order valence-corrected chi connectivity index (χ3v) is 4.00. The number of aliphatic hydroxyl groups is 1. The number of fused-ring (bicyclic) bond motifs is 1. The van der Waals surface area contributed by atoms with Crippen LogP contribution in [-0.2, 0) is 6.61 Å². The Morgan fingerprint density at radius 3 is 2.43 bits per heavy atom. The van der Waals surface area contributed by atoms with E-state index in [-0.39, 0.29) is 6.61 Å². The Balaban J connectivity index is 2.33. The van der Waals surface area contributed by atoms with E-state index in [2.05, 4.69) is 35.9 Å². The largest absolute Gasteiger partial charge is 0.392 e. The van der Waals surface area contributed by atoms with Gasteiger partial charge in [0.05, 0.1) is 17.6 Å². The minimum Gasteiger partial charge on any atom is -0.392 e. The Morgan fingerprint density at radius 1 is 1.00 bits per heavy atom. The molecule has 0 saturated heterocycles. The fraction of sp³-hybridized carbons (Fsp3) is 0.294. The molecule has 0 unspecified atom stereocenters. The van der Waals surface area contributed by atoms with Gasteiger partial charge in [0.15, 0.2) is 0 Å². The highest BCUT2D eigenvalue weighted by molar-refractivity contribution is 5.79. The molecule has 1 aromatic carbocycles. The number of aryl methyl sites for hydroxylation is 4. The Kier molecular flexibility index (Phi) is 3.26. The summed E-state index contributed by atoms with van der Waals surface area (Å²) in [6.45, 7) is 8.11. The van der Waals surface area contributed by atoms with E-state index in [1.54, 1.807) is 6.33 Å². The van der Waals surface area contributed by atoms with Crippen molar-refractivity contribution in [3.05, 3.63) is 52.5 Å². The van der Waals surface area contributed by atoms with Crippen molar-refractivity contribution in [3.8, 4) is 5.82 Å². The van der Waals surface area contributed by atoms with Crippen molar-refractivity contribution in [1.29, 1.82) is 0 Å². The molecule has 0 bridgehead atoms. The molecule has 21 heavy (non-hydrogen) atoms. The first-order valence-electron chi connectivity index (χ1n) is 7.04. The van der Waals surface area contributed by atoms with Crippen LogP contribution in [0.15, 0.2) is 24.5 Å². The summed E-state index contributed by atoms with van der Waals surface area (Å²) in [7, 11) is 0. The van der Waals surface area contributed by atoms with Crippen LogP contribution >= 0.6 is 0 Å². The highest BCUT2D eigenvalue weighted by Gasteiger charge is 2.13. The van der Waals surface area contributed by atoms with E-state index < -0.39 is 0 Å². The van der Waals surface area contributed by atoms with Crippen molar-refractivity contribution in [2.45, 2.75) is 34.3 Å². The number of pyridine rings is 1. The van der Waals surface area contributed by atoms with Gasteiger partial charge >= 0.3 is 0 Å². The fourth-order valence-corrected chi connectivity index (χ4v) is 2.67. The molecule has 2 aromatic heterocycles. The molecule has 0 saturated carbocycles. The Hall–Kier alpha value is -2.20. The van der Waals surface area contributed by atoms with Crippen molar-refractivity contribution in [3.63, 3.8) is 0 Å². The summed E-state index contributed by atoms with van der Waals surface area (Å²) in [6.07, 6.45) is 1.78. The van der Waals surface area contributed by atoms with Crippen LogP contribution < -0.4 is 0 Å². The van der Waals surface area contributed by atoms with Crippen LogP contribution in [0.3, 0.4) is 0 Å². The van der Waals surface area contributed by atoms with Gasteiger partial charge in [-0.2, -0.15) is 0 Å². The van der Waals surface area contributed by atoms with Crippen LogP contribution in [0.25, 0.3) is 16.9 Å². The van der Waals surface area contributed by atoms with E-state index in [0.29, 0.717) is 0 Å². The lowest BCUT2D eigenvalue weighted by Crippen LogP contribution is -2.05. The molecule has 2 heterocycles. The van der Waals surface area contributed by atoms with Crippen molar-refractivity contribution in [2.75, 3.05) is 0 Å². The molecule has 3 aromatic rings. The molecule has 0 amide bonds. The number of rotatable bonds is 2. The summed E-state index contributed by atoms with van der Waals surface area (Å²) in [5.74, 6) is 0.765. The quantitative estimate of drug-likeness (QED) is 0.785. The average molecular weight is 281 g/mol. The molecule has 0 radical (unpaired) electrons. The standard InChI is InChI=1S/C17H19N3O/c1-10-6-15-16(7-11(10)2)20(9-18-15)17-14(8-21)12(3)5-13(4)19-17/h5-7,9,21H,8H2,1-4H3. The lowest BCUT2D eigenvalue weighted by Gasteiger charge is -2.13. The van der Waals surface area contributed by atoms with E-state index in [1.807, 2.05) is 24.5 Å². The van der Waals surface area contributed by atoms with Gasteiger partial charge in [0.25, 0.3) is 0 Å². The summed E-state index contributed by atoms with van der Waals surface area (Å²) in [5.41, 5.74) is 7.24. The molecule has 0 aliphatic carbocycles. The normalized spacial score (nSPS) is 11.3. The van der Waals surface area contributed by atoms with Gasteiger partial charge in [-0.05, 0) is 62.6 Å². The summed E-state index contributed by atoms with van der Waals surface area (Å²) in [6, 6.07) is 6.20. The minimum absolute atomic E-state index is 0.0288. The second-order valence-electron chi connectivity index (χ2n) is 5.58. The van der Waals surface area contributed by atoms with E-state index in [0.717, 1.165) is 33.7 Å². The van der Waals surface area contributed by atoms with Crippen molar-refractivity contribution in [1.82, 2.24) is 14.5 Å². The molecule has 0 spiro atoms. The molecule has 108 valence electrons. The Morgan fingerprint density at radius 2 is 1.71 bits per heavy atom. The van der Waals surface area contributed by atoms with Crippen LogP contribution in [0.2, 0.25) is 0 Å². The minimum atomic E-state index is -0.0288. The third-order valence-electron chi connectivity index (χ3n) is 4.00. The molecule has 0 aliphatic rings. The van der Waals surface area contributed by atoms with Crippen LogP contribution in [0.1, 0.15) is 27.9 Å². The summed E-state index contributed by atoms with van der Waals surface area (Å²) in [4.78, 5) is 9.09. The number of aliphatic hydroxyl groups excluding tert-OH is 1. The second kappa shape index (κ2) is 4.97. The maximum Gasteiger partial charge on any atom is 0.144 e. The van der Waals surface area contributed by atoms with Crippen molar-refractivity contribution in [2.24, 2.45) is 0 Å². The highest BCUT2D eigenvalue weighted by Crippen LogP contribution is 2.24. The highest BCUT2D eigenvalue weighted by atomic mass is 16.3. The zero-order valence-electron chi connectivity index (χ0n) is 12.8. The van der Waals surface area contributed by atoms with Gasteiger partial charge in [-0.25, -0.2) is 9.97 Å². The molecular formula is C17H19N3O. The maximum absolute atomic E-state index is 9.69. The SMILES string of the molecule is Cc1cc(C)c(CO)c(-n2cnc3cc(C)c(C)cc32)n1. The predicted octanol–water partition coefficient (Wildman–Crippen LogP) is 3.15. The Bertz CT molecular complexity index is 834. The van der Waals surface area contributed by atoms with Crippen LogP contribution in [-0.4, -0.2) is 19.6 Å². The zero-order chi connectivity index (χ0) is 15.1. The third kappa shape index (κ3) is 2.21. The lowest BCUT2D eigenvalue weighted by atomic mass is 10.1. The maximum atomic E-state index is 9.69. The summed E-state index contributed by atoms with van der Waals surface area (Å²) >= 11 is 0. The molecule has 4 heteroatoms. The van der Waals surface area contributed by atoms with Crippen LogP contribution in [0.5, 0.6) is 0 Å². The number of aromatic nitrogens is 3. The number of hydrogen-bond donors (Lipinski definition) is 1. The fourth-order valence-electron chi connectivity index (χ4n) is 2.67. The van der Waals surface area contributed by atoms with E-state index in [1.165, 1.54) is 11.1 Å². The van der Waals surface area contributed by atoms with Crippen LogP contribution in [0, 0.1) is 27.7 Å². The first-order chi connectivity index (χ1) is 10.0. The van der Waals surface area contributed by atoms with Gasteiger partial charge in [-0.15, -0.1) is 0 Å². The molecule has 0 aliphatic heterocycles. The lowest BCUT2D eigenvalue weighted by molar-refractivity contribution is 0.280. The predicted molar refractivity (Wildman–Crippen MR) is 83.7 cm³/mol. The molecule has 0 atom stereocenters. The Labute approximate surface area is 124 Å². The van der Waals surface area contributed by atoms with Gasteiger partial charge in [0.1, 0.15) is 12.1 Å². The smallest absolute Gasteiger partial charge is 0.144 e. The second-order valence-corrected chi connectivity index (χ2v) is 5.58. The van der Waals surface area contributed by atoms with Gasteiger partial charge in [0, 0.05) is 11.3 Å². The first-order valence-corrected chi connectivity index (χ1v) is 7.04. The first kappa shape index (κ1) is 13.8. The average Bonchev–Trinajstić information content (AvgIpc) is 2.81. The summed E-state index contributed by atoms with van der Waals surface area (Å²) in [5, 5.41) is 9.69. The summed E-state index contributed by atoms with van der Waals surface area (Å²) < 4.78 is 1.97. The van der Waals surface area contributed by atoms with E-state index >= 15 is 0 Å². The molecule has 1 N–H and O–H groups in total. The monoisotopic (exact) mass is 281 g/mol. The van der Waals surface area contributed by atoms with Gasteiger partial charge < -0.3 is 5.11 Å². The molecule has 0 fully saturated rings. The van der Waals surface area contributed by atoms with Gasteiger partial charge in [-0.1, -0.05) is 0 Å². The number of benzene rings is 1. The van der Waals surface area contributed by atoms with Crippen LogP contribution in [0.4, 0.5) is 0 Å². The molecule has 3 rings (SSSR count). The van der Waals surface area contributed by atoms with E-state index in [9.17, 15) is 5.11 Å². The molecule has 4 nitrogen and oxygen atoms in total. The zero-order valence-corrected chi connectivity index (χ0v) is 12.8. The van der Waals surface area contributed by atoms with E-state index in [4.69, 9.17) is 0 Å². The van der Waals surface area contributed by atoms with Crippen molar-refractivity contribution >= 4 is 11.0 Å². The topological polar surface area (TPSA) is 50.9 Å². The molecular weight excluding hydrogens is 262 g/mol. The number of hydrogen-bond acceptors (Lipinski definition) is 3.